The van der Waals surface area contributed by atoms with Crippen LogP contribution in [0.5, 0.6) is 0 Å². The predicted octanol–water partition coefficient (Wildman–Crippen LogP) is 2.14. The molecule has 5 nitrogen and oxygen atoms in total. The lowest BCUT2D eigenvalue weighted by atomic mass is 10.1. The lowest BCUT2D eigenvalue weighted by Gasteiger charge is -2.29. The van der Waals surface area contributed by atoms with Crippen molar-refractivity contribution in [2.24, 2.45) is 5.92 Å². The highest BCUT2D eigenvalue weighted by molar-refractivity contribution is 7.92. The van der Waals surface area contributed by atoms with Gasteiger partial charge < -0.3 is 5.32 Å². The number of hydrogen-bond acceptors (Lipinski definition) is 3. The number of nitrogens with zero attached hydrogens (tertiary/aromatic N) is 1. The van der Waals surface area contributed by atoms with Crippen molar-refractivity contribution in [1.29, 1.82) is 0 Å². The molecule has 0 spiro atoms. The van der Waals surface area contributed by atoms with Crippen molar-refractivity contribution in [2.45, 2.75) is 39.8 Å². The standard InChI is InChI=1S/C15H23FN2O3S/c1-10(2)11(3)17-15(19)12(4)18(22(5,20)21)14-8-6-7-13(16)9-14/h6-12H,1-5H3,(H,17,19)/t11-,12+/m0/s1. The van der Waals surface area contributed by atoms with Crippen molar-refractivity contribution in [3.8, 4) is 0 Å². The summed E-state index contributed by atoms with van der Waals surface area (Å²) in [7, 11) is -3.73. The van der Waals surface area contributed by atoms with Crippen LogP contribution in [0.25, 0.3) is 0 Å². The number of halogens is 1. The van der Waals surface area contributed by atoms with E-state index in [1.807, 2.05) is 20.8 Å². The number of sulfonamides is 1. The first kappa shape index (κ1) is 18.4. The minimum absolute atomic E-state index is 0.0936. The van der Waals surface area contributed by atoms with Crippen LogP contribution in [0.1, 0.15) is 27.7 Å². The molecule has 0 fully saturated rings. The Hall–Kier alpha value is -1.63. The molecule has 0 aliphatic carbocycles. The van der Waals surface area contributed by atoms with Gasteiger partial charge in [-0.25, -0.2) is 12.8 Å². The van der Waals surface area contributed by atoms with Crippen molar-refractivity contribution in [2.75, 3.05) is 10.6 Å². The molecule has 0 aliphatic rings. The van der Waals surface area contributed by atoms with Gasteiger partial charge in [0.15, 0.2) is 0 Å². The Labute approximate surface area is 131 Å². The van der Waals surface area contributed by atoms with Gasteiger partial charge in [0.2, 0.25) is 15.9 Å². The Balaban J connectivity index is 3.11. The SMILES string of the molecule is CC(C)[C@H](C)NC(=O)[C@@H](C)N(c1cccc(F)c1)S(C)(=O)=O. The molecule has 0 aromatic heterocycles. The summed E-state index contributed by atoms with van der Waals surface area (Å²) in [5.74, 6) is -0.762. The molecule has 1 N–H and O–H groups in total. The summed E-state index contributed by atoms with van der Waals surface area (Å²) in [5.41, 5.74) is 0.127. The van der Waals surface area contributed by atoms with Crippen LogP contribution in [0.15, 0.2) is 24.3 Å². The number of amides is 1. The molecule has 124 valence electrons. The molecule has 1 rings (SSSR count). The average molecular weight is 330 g/mol. The highest BCUT2D eigenvalue weighted by Crippen LogP contribution is 2.21. The molecule has 7 heteroatoms. The molecular formula is C15H23FN2O3S. The monoisotopic (exact) mass is 330 g/mol. The zero-order chi connectivity index (χ0) is 17.1. The third-order valence-corrected chi connectivity index (χ3v) is 4.76. The molecule has 0 heterocycles. The van der Waals surface area contributed by atoms with E-state index >= 15 is 0 Å². The second kappa shape index (κ2) is 7.09. The van der Waals surface area contributed by atoms with Crippen LogP contribution in [-0.2, 0) is 14.8 Å². The van der Waals surface area contributed by atoms with E-state index in [4.69, 9.17) is 0 Å². The molecule has 0 bridgehead atoms. The molecule has 1 aromatic carbocycles. The fourth-order valence-corrected chi connectivity index (χ4v) is 3.10. The van der Waals surface area contributed by atoms with Crippen LogP contribution >= 0.6 is 0 Å². The van der Waals surface area contributed by atoms with Gasteiger partial charge in [-0.1, -0.05) is 19.9 Å². The van der Waals surface area contributed by atoms with Crippen LogP contribution in [0.3, 0.4) is 0 Å². The fourth-order valence-electron chi connectivity index (χ4n) is 1.93. The summed E-state index contributed by atoms with van der Waals surface area (Å²) in [4.78, 5) is 12.3. The number of benzene rings is 1. The number of hydrogen-bond donors (Lipinski definition) is 1. The summed E-state index contributed by atoms with van der Waals surface area (Å²) in [5, 5.41) is 2.78. The molecule has 0 saturated carbocycles. The number of rotatable bonds is 6. The number of carbonyl (C=O) groups is 1. The Morgan fingerprint density at radius 1 is 1.23 bits per heavy atom. The summed E-state index contributed by atoms with van der Waals surface area (Å²) in [6, 6.07) is 4.11. The lowest BCUT2D eigenvalue weighted by Crippen LogP contribution is -2.50. The third kappa shape index (κ3) is 4.69. The van der Waals surface area contributed by atoms with Crippen molar-refractivity contribution in [3.63, 3.8) is 0 Å². The van der Waals surface area contributed by atoms with Gasteiger partial charge in [-0.3, -0.25) is 9.10 Å². The number of nitrogens with one attached hydrogen (secondary N) is 1. The first-order valence-electron chi connectivity index (χ1n) is 7.09. The fraction of sp³-hybridized carbons (Fsp3) is 0.533. The van der Waals surface area contributed by atoms with Gasteiger partial charge >= 0.3 is 0 Å². The van der Waals surface area contributed by atoms with E-state index in [2.05, 4.69) is 5.32 Å². The van der Waals surface area contributed by atoms with Gasteiger partial charge in [0.05, 0.1) is 11.9 Å². The molecule has 0 radical (unpaired) electrons. The maximum atomic E-state index is 13.4. The highest BCUT2D eigenvalue weighted by Gasteiger charge is 2.30. The maximum absolute atomic E-state index is 13.4. The maximum Gasteiger partial charge on any atom is 0.243 e. The van der Waals surface area contributed by atoms with Gasteiger partial charge in [0, 0.05) is 6.04 Å². The molecule has 0 unspecified atom stereocenters. The van der Waals surface area contributed by atoms with Gasteiger partial charge in [-0.05, 0) is 38.0 Å². The van der Waals surface area contributed by atoms with Crippen LogP contribution in [0.4, 0.5) is 10.1 Å². The number of anilines is 1. The van der Waals surface area contributed by atoms with Crippen molar-refractivity contribution in [1.82, 2.24) is 5.32 Å². The summed E-state index contributed by atoms with van der Waals surface area (Å²) >= 11 is 0. The first-order chi connectivity index (χ1) is 10.0. The average Bonchev–Trinajstić information content (AvgIpc) is 2.36. The Morgan fingerprint density at radius 2 is 1.82 bits per heavy atom. The second-order valence-electron chi connectivity index (χ2n) is 5.76. The van der Waals surface area contributed by atoms with Crippen LogP contribution in [0.2, 0.25) is 0 Å². The summed E-state index contributed by atoms with van der Waals surface area (Å²) in [6.07, 6.45) is 0.994. The molecule has 1 amide bonds. The zero-order valence-corrected chi connectivity index (χ0v) is 14.3. The third-order valence-electron chi connectivity index (χ3n) is 3.52. The Morgan fingerprint density at radius 3 is 2.27 bits per heavy atom. The van der Waals surface area contributed by atoms with Gasteiger partial charge in [-0.15, -0.1) is 0 Å². The van der Waals surface area contributed by atoms with Crippen molar-refractivity contribution >= 4 is 21.6 Å². The summed E-state index contributed by atoms with van der Waals surface area (Å²) < 4.78 is 38.4. The molecule has 0 saturated heterocycles. The van der Waals surface area contributed by atoms with E-state index in [1.165, 1.54) is 25.1 Å². The van der Waals surface area contributed by atoms with Gasteiger partial charge in [0.25, 0.3) is 0 Å². The van der Waals surface area contributed by atoms with E-state index in [0.29, 0.717) is 0 Å². The van der Waals surface area contributed by atoms with E-state index in [-0.39, 0.29) is 17.6 Å². The smallest absolute Gasteiger partial charge is 0.243 e. The van der Waals surface area contributed by atoms with Crippen LogP contribution < -0.4 is 9.62 Å². The number of carbonyl (C=O) groups excluding carboxylic acids is 1. The quantitative estimate of drug-likeness (QED) is 0.869. The van der Waals surface area contributed by atoms with Gasteiger partial charge in [-0.2, -0.15) is 0 Å². The van der Waals surface area contributed by atoms with E-state index < -0.39 is 27.8 Å². The van der Waals surface area contributed by atoms with E-state index in [0.717, 1.165) is 16.6 Å². The second-order valence-corrected chi connectivity index (χ2v) is 7.62. The van der Waals surface area contributed by atoms with Crippen molar-refractivity contribution in [3.05, 3.63) is 30.1 Å². The molecule has 2 atom stereocenters. The minimum atomic E-state index is -3.73. The topological polar surface area (TPSA) is 66.5 Å². The Bertz CT molecular complexity index is 631. The van der Waals surface area contributed by atoms with Crippen molar-refractivity contribution < 1.29 is 17.6 Å². The lowest BCUT2D eigenvalue weighted by molar-refractivity contribution is -0.122. The van der Waals surface area contributed by atoms with E-state index in [9.17, 15) is 17.6 Å². The molecule has 22 heavy (non-hydrogen) atoms. The molecule has 0 aliphatic heterocycles. The van der Waals surface area contributed by atoms with E-state index in [1.54, 1.807) is 0 Å². The highest BCUT2D eigenvalue weighted by atomic mass is 32.2. The van der Waals surface area contributed by atoms with Crippen LogP contribution in [-0.4, -0.2) is 32.7 Å². The normalized spacial score (nSPS) is 14.5. The minimum Gasteiger partial charge on any atom is -0.352 e. The predicted molar refractivity (Wildman–Crippen MR) is 85.6 cm³/mol. The van der Waals surface area contributed by atoms with Crippen LogP contribution in [0, 0.1) is 11.7 Å². The first-order valence-corrected chi connectivity index (χ1v) is 8.94. The molecular weight excluding hydrogens is 307 g/mol. The molecule has 1 aromatic rings. The Kier molecular flexibility index (Phi) is 5.93. The van der Waals surface area contributed by atoms with Gasteiger partial charge in [0.1, 0.15) is 11.9 Å². The zero-order valence-electron chi connectivity index (χ0n) is 13.5. The largest absolute Gasteiger partial charge is 0.352 e. The summed E-state index contributed by atoms with van der Waals surface area (Å²) in [6.45, 7) is 7.24.